The van der Waals surface area contributed by atoms with Gasteiger partial charge >= 0.3 is 12.1 Å². The highest BCUT2D eigenvalue weighted by molar-refractivity contribution is 5.80. The Morgan fingerprint density at radius 3 is 2.24 bits per heavy atom. The SMILES string of the molecule is CC(C)(C)OC(=O)NC(Cc1c(F)cccc1F)C(=O)O. The van der Waals surface area contributed by atoms with Crippen molar-refractivity contribution >= 4 is 12.1 Å². The second-order valence-corrected chi connectivity index (χ2v) is 5.44. The van der Waals surface area contributed by atoms with Crippen LogP contribution in [0.4, 0.5) is 13.6 Å². The Morgan fingerprint density at radius 1 is 1.29 bits per heavy atom. The van der Waals surface area contributed by atoms with Crippen LogP contribution in [0, 0.1) is 11.6 Å². The number of amides is 1. The molecule has 0 saturated carbocycles. The topological polar surface area (TPSA) is 75.6 Å². The first-order valence-electron chi connectivity index (χ1n) is 6.25. The number of halogens is 2. The molecular formula is C14H17F2NO4. The van der Waals surface area contributed by atoms with Gasteiger partial charge in [-0.1, -0.05) is 6.07 Å². The zero-order valence-corrected chi connectivity index (χ0v) is 11.9. The highest BCUT2D eigenvalue weighted by atomic mass is 19.1. The van der Waals surface area contributed by atoms with Crippen molar-refractivity contribution in [2.24, 2.45) is 0 Å². The summed E-state index contributed by atoms with van der Waals surface area (Å²) in [7, 11) is 0. The first-order chi connectivity index (χ1) is 9.60. The molecule has 0 aliphatic rings. The van der Waals surface area contributed by atoms with E-state index >= 15 is 0 Å². The monoisotopic (exact) mass is 301 g/mol. The van der Waals surface area contributed by atoms with Crippen LogP contribution in [0.25, 0.3) is 0 Å². The third kappa shape index (κ3) is 5.37. The molecule has 116 valence electrons. The molecule has 0 heterocycles. The summed E-state index contributed by atoms with van der Waals surface area (Å²) in [5.74, 6) is -3.15. The summed E-state index contributed by atoms with van der Waals surface area (Å²) in [5, 5.41) is 11.1. The number of carboxylic acids is 1. The lowest BCUT2D eigenvalue weighted by molar-refractivity contribution is -0.139. The molecular weight excluding hydrogens is 284 g/mol. The van der Waals surface area contributed by atoms with Gasteiger partial charge in [0.15, 0.2) is 0 Å². The molecule has 0 fully saturated rings. The Labute approximate surface area is 120 Å². The van der Waals surface area contributed by atoms with Gasteiger partial charge in [0.2, 0.25) is 0 Å². The average Bonchev–Trinajstić information content (AvgIpc) is 2.29. The lowest BCUT2D eigenvalue weighted by Gasteiger charge is -2.22. The summed E-state index contributed by atoms with van der Waals surface area (Å²) in [6.45, 7) is 4.83. The number of alkyl carbamates (subject to hydrolysis) is 1. The van der Waals surface area contributed by atoms with Crippen LogP contribution >= 0.6 is 0 Å². The van der Waals surface area contributed by atoms with Gasteiger partial charge < -0.3 is 15.2 Å². The summed E-state index contributed by atoms with van der Waals surface area (Å²) in [4.78, 5) is 22.7. The number of carbonyl (C=O) groups excluding carboxylic acids is 1. The number of carboxylic acid groups (broad SMARTS) is 1. The normalized spacial score (nSPS) is 12.6. The van der Waals surface area contributed by atoms with Crippen molar-refractivity contribution in [3.05, 3.63) is 35.4 Å². The van der Waals surface area contributed by atoms with Gasteiger partial charge in [-0.05, 0) is 32.9 Å². The number of carbonyl (C=O) groups is 2. The van der Waals surface area contributed by atoms with Gasteiger partial charge in [-0.2, -0.15) is 0 Å². The third-order valence-electron chi connectivity index (χ3n) is 2.46. The van der Waals surface area contributed by atoms with Crippen LogP contribution in [-0.2, 0) is 16.0 Å². The molecule has 7 heteroatoms. The van der Waals surface area contributed by atoms with Crippen molar-refractivity contribution in [1.82, 2.24) is 5.32 Å². The maximum absolute atomic E-state index is 13.5. The van der Waals surface area contributed by atoms with Crippen molar-refractivity contribution < 1.29 is 28.2 Å². The Balaban J connectivity index is 2.84. The smallest absolute Gasteiger partial charge is 0.408 e. The van der Waals surface area contributed by atoms with Crippen LogP contribution in [0.3, 0.4) is 0 Å². The van der Waals surface area contributed by atoms with Crippen molar-refractivity contribution in [3.8, 4) is 0 Å². The van der Waals surface area contributed by atoms with Gasteiger partial charge in [-0.25, -0.2) is 18.4 Å². The number of ether oxygens (including phenoxy) is 1. The van der Waals surface area contributed by atoms with Crippen molar-refractivity contribution in [1.29, 1.82) is 0 Å². The molecule has 1 rings (SSSR count). The second kappa shape index (κ2) is 6.51. The number of rotatable bonds is 4. The van der Waals surface area contributed by atoms with Crippen molar-refractivity contribution in [3.63, 3.8) is 0 Å². The predicted molar refractivity (Wildman–Crippen MR) is 70.9 cm³/mol. The maximum atomic E-state index is 13.5. The van der Waals surface area contributed by atoms with E-state index in [1.54, 1.807) is 20.8 Å². The molecule has 1 atom stereocenters. The fourth-order valence-electron chi connectivity index (χ4n) is 1.58. The first-order valence-corrected chi connectivity index (χ1v) is 6.25. The van der Waals surface area contributed by atoms with Crippen LogP contribution < -0.4 is 5.32 Å². The summed E-state index contributed by atoms with van der Waals surface area (Å²) < 4.78 is 31.9. The quantitative estimate of drug-likeness (QED) is 0.896. The number of nitrogens with one attached hydrogen (secondary N) is 1. The minimum atomic E-state index is -1.49. The summed E-state index contributed by atoms with van der Waals surface area (Å²) in [5.41, 5.74) is -1.21. The van der Waals surface area contributed by atoms with E-state index < -0.39 is 47.3 Å². The summed E-state index contributed by atoms with van der Waals surface area (Å²) in [6.07, 6.45) is -1.49. The lowest BCUT2D eigenvalue weighted by Crippen LogP contribution is -2.45. The molecule has 0 aromatic heterocycles. The maximum Gasteiger partial charge on any atom is 0.408 e. The van der Waals surface area contributed by atoms with Gasteiger partial charge in [0.05, 0.1) is 0 Å². The highest BCUT2D eigenvalue weighted by Gasteiger charge is 2.26. The molecule has 0 aliphatic heterocycles. The number of hydrogen-bond donors (Lipinski definition) is 2. The van der Waals surface area contributed by atoms with Gasteiger partial charge in [0, 0.05) is 12.0 Å². The lowest BCUT2D eigenvalue weighted by atomic mass is 10.0. The van der Waals surface area contributed by atoms with Gasteiger partial charge in [0.1, 0.15) is 23.3 Å². The second-order valence-electron chi connectivity index (χ2n) is 5.44. The Hall–Kier alpha value is -2.18. The number of benzene rings is 1. The molecule has 0 saturated heterocycles. The number of aliphatic carboxylic acids is 1. The molecule has 1 unspecified atom stereocenters. The van der Waals surface area contributed by atoms with E-state index in [0.717, 1.165) is 12.1 Å². The van der Waals surface area contributed by atoms with Crippen LogP contribution in [-0.4, -0.2) is 28.8 Å². The van der Waals surface area contributed by atoms with Crippen molar-refractivity contribution in [2.45, 2.75) is 38.8 Å². The zero-order valence-electron chi connectivity index (χ0n) is 11.9. The van der Waals surface area contributed by atoms with E-state index in [1.807, 2.05) is 0 Å². The van der Waals surface area contributed by atoms with E-state index in [-0.39, 0.29) is 0 Å². The van der Waals surface area contributed by atoms with E-state index in [4.69, 9.17) is 9.84 Å². The molecule has 21 heavy (non-hydrogen) atoms. The zero-order chi connectivity index (χ0) is 16.2. The average molecular weight is 301 g/mol. The van der Waals surface area contributed by atoms with Crippen LogP contribution in [0.2, 0.25) is 0 Å². The largest absolute Gasteiger partial charge is 0.480 e. The molecule has 1 aromatic carbocycles. The van der Waals surface area contributed by atoms with Crippen LogP contribution in [0.15, 0.2) is 18.2 Å². The standard InChI is InChI=1S/C14H17F2NO4/c1-14(2,3)21-13(20)17-11(12(18)19)7-8-9(15)5-4-6-10(8)16/h4-6,11H,7H2,1-3H3,(H,17,20)(H,18,19). The van der Waals surface area contributed by atoms with Gasteiger partial charge in [-0.15, -0.1) is 0 Å². The van der Waals surface area contributed by atoms with E-state index in [9.17, 15) is 18.4 Å². The Morgan fingerprint density at radius 2 is 1.81 bits per heavy atom. The third-order valence-corrected chi connectivity index (χ3v) is 2.46. The summed E-state index contributed by atoms with van der Waals surface area (Å²) >= 11 is 0. The van der Waals surface area contributed by atoms with Crippen molar-refractivity contribution in [2.75, 3.05) is 0 Å². The fraction of sp³-hybridized carbons (Fsp3) is 0.429. The minimum absolute atomic E-state index is 0.402. The Bertz CT molecular complexity index is 520. The van der Waals surface area contributed by atoms with Gasteiger partial charge in [-0.3, -0.25) is 0 Å². The highest BCUT2D eigenvalue weighted by Crippen LogP contribution is 2.15. The van der Waals surface area contributed by atoms with Crippen LogP contribution in [0.5, 0.6) is 0 Å². The molecule has 0 spiro atoms. The Kier molecular flexibility index (Phi) is 5.23. The molecule has 2 N–H and O–H groups in total. The molecule has 5 nitrogen and oxygen atoms in total. The van der Waals surface area contributed by atoms with E-state index in [2.05, 4.69) is 5.32 Å². The summed E-state index contributed by atoms with van der Waals surface area (Å²) in [6, 6.07) is 1.71. The van der Waals surface area contributed by atoms with Crippen LogP contribution in [0.1, 0.15) is 26.3 Å². The van der Waals surface area contributed by atoms with E-state index in [0.29, 0.717) is 0 Å². The molecule has 0 radical (unpaired) electrons. The predicted octanol–water partition coefficient (Wildman–Crippen LogP) is 2.49. The fourth-order valence-corrected chi connectivity index (χ4v) is 1.58. The number of hydrogen-bond acceptors (Lipinski definition) is 3. The molecule has 0 aliphatic carbocycles. The molecule has 0 bridgehead atoms. The van der Waals surface area contributed by atoms with Gasteiger partial charge in [0.25, 0.3) is 0 Å². The first kappa shape index (κ1) is 16.9. The minimum Gasteiger partial charge on any atom is -0.480 e. The van der Waals surface area contributed by atoms with E-state index in [1.165, 1.54) is 6.07 Å². The molecule has 1 aromatic rings. The molecule has 1 amide bonds.